The molecule has 3 fully saturated rings. The number of thiazole rings is 1. The maximum atomic E-state index is 13.1. The van der Waals surface area contributed by atoms with Crippen LogP contribution in [0.25, 0.3) is 11.4 Å². The lowest BCUT2D eigenvalue weighted by Crippen LogP contribution is -2.48. The van der Waals surface area contributed by atoms with E-state index in [1.54, 1.807) is 26.4 Å². The first-order valence-electron chi connectivity index (χ1n) is 16.1. The molecule has 3 aromatic heterocycles. The maximum Gasteiger partial charge on any atom is 0.348 e. The van der Waals surface area contributed by atoms with E-state index in [4.69, 9.17) is 32.9 Å². The summed E-state index contributed by atoms with van der Waals surface area (Å²) in [5.41, 5.74) is 1.72. The largest absolute Gasteiger partial charge is 0.477 e. The first kappa shape index (κ1) is 33.1. The van der Waals surface area contributed by atoms with Gasteiger partial charge in [0.2, 0.25) is 0 Å². The van der Waals surface area contributed by atoms with Gasteiger partial charge in [-0.2, -0.15) is 0 Å². The molecule has 2 aliphatic heterocycles. The van der Waals surface area contributed by atoms with Crippen molar-refractivity contribution in [3.05, 3.63) is 38.7 Å². The molecular weight excluding hydrogens is 649 g/mol. The zero-order chi connectivity index (χ0) is 32.4. The molecule has 1 aliphatic carbocycles. The fraction of sp³-hybridized carbons (Fsp3) is 0.594. The third kappa shape index (κ3) is 7.21. The zero-order valence-electron chi connectivity index (χ0n) is 26.3. The van der Waals surface area contributed by atoms with E-state index in [1.165, 1.54) is 38.6 Å². The summed E-state index contributed by atoms with van der Waals surface area (Å²) < 4.78 is 5.80. The van der Waals surface area contributed by atoms with Crippen molar-refractivity contribution in [2.45, 2.75) is 58.0 Å². The van der Waals surface area contributed by atoms with Crippen LogP contribution in [0.5, 0.6) is 0 Å². The van der Waals surface area contributed by atoms with Crippen molar-refractivity contribution < 1.29 is 19.4 Å². The minimum Gasteiger partial charge on any atom is -0.477 e. The summed E-state index contributed by atoms with van der Waals surface area (Å²) >= 11 is 13.6. The van der Waals surface area contributed by atoms with Crippen LogP contribution in [-0.2, 0) is 4.74 Å². The van der Waals surface area contributed by atoms with Crippen molar-refractivity contribution in [3.8, 4) is 11.4 Å². The number of hydrogen-bond donors (Lipinski definition) is 2. The predicted octanol–water partition coefficient (Wildman–Crippen LogP) is 6.06. The highest BCUT2D eigenvalue weighted by Gasteiger charge is 2.34. The lowest BCUT2D eigenvalue weighted by atomic mass is 9.88. The summed E-state index contributed by atoms with van der Waals surface area (Å²) in [6.07, 6.45) is 10.8. The van der Waals surface area contributed by atoms with Gasteiger partial charge in [0.15, 0.2) is 10.9 Å². The van der Waals surface area contributed by atoms with Crippen molar-refractivity contribution >= 4 is 57.2 Å². The average Bonchev–Trinajstić information content (AvgIpc) is 3.64. The van der Waals surface area contributed by atoms with Gasteiger partial charge in [0, 0.05) is 65.0 Å². The number of nitrogens with zero attached hydrogens (tertiary/aromatic N) is 6. The highest BCUT2D eigenvalue weighted by Crippen LogP contribution is 2.37. The highest BCUT2D eigenvalue weighted by molar-refractivity contribution is 7.17. The highest BCUT2D eigenvalue weighted by atomic mass is 35.5. The van der Waals surface area contributed by atoms with E-state index in [0.29, 0.717) is 52.4 Å². The Morgan fingerprint density at radius 1 is 1.02 bits per heavy atom. The molecule has 0 aromatic carbocycles. The summed E-state index contributed by atoms with van der Waals surface area (Å²) in [7, 11) is 1.62. The SMILES string of the molecule is CO[C@H]1CN(c2nc(-c3cnc(N4CCN(CC5CCCCC5)CC4)cn3)c(C(=O)O)s2)CC[C@H]1CC(=O)c1[nH]c(C)c(Cl)c1Cl. The summed E-state index contributed by atoms with van der Waals surface area (Å²) in [5.74, 6) is 0.414. The van der Waals surface area contributed by atoms with Gasteiger partial charge >= 0.3 is 5.97 Å². The van der Waals surface area contributed by atoms with Crippen LogP contribution in [0.15, 0.2) is 12.4 Å². The number of carbonyl (C=O) groups excluding carboxylic acids is 1. The van der Waals surface area contributed by atoms with E-state index in [2.05, 4.69) is 24.8 Å². The molecule has 2 saturated heterocycles. The van der Waals surface area contributed by atoms with Crippen LogP contribution in [0, 0.1) is 18.8 Å². The number of halogens is 2. The Morgan fingerprint density at radius 2 is 1.78 bits per heavy atom. The fourth-order valence-electron chi connectivity index (χ4n) is 7.01. The number of carboxylic acids is 1. The molecule has 248 valence electrons. The van der Waals surface area contributed by atoms with Crippen LogP contribution >= 0.6 is 34.5 Å². The summed E-state index contributed by atoms with van der Waals surface area (Å²) in [6, 6.07) is 0. The number of aromatic carboxylic acids is 1. The fourth-order valence-corrected chi connectivity index (χ4v) is 8.39. The van der Waals surface area contributed by atoms with Crippen molar-refractivity contribution in [1.82, 2.24) is 24.8 Å². The molecule has 0 spiro atoms. The monoisotopic (exact) mass is 689 g/mol. The number of hydrogen-bond acceptors (Lipinski definition) is 10. The summed E-state index contributed by atoms with van der Waals surface area (Å²) in [4.78, 5) is 49.3. The number of Topliss-reactive ketones (excluding diaryl/α,β-unsaturated/α-hetero) is 1. The first-order valence-corrected chi connectivity index (χ1v) is 17.7. The van der Waals surface area contributed by atoms with Gasteiger partial charge < -0.3 is 24.6 Å². The molecular formula is C32H41Cl2N7O4S. The number of ketones is 1. The van der Waals surface area contributed by atoms with E-state index in [9.17, 15) is 14.7 Å². The number of rotatable bonds is 10. The number of aromatic amines is 1. The van der Waals surface area contributed by atoms with Crippen LogP contribution in [-0.4, -0.2) is 101 Å². The molecule has 46 heavy (non-hydrogen) atoms. The molecule has 3 aromatic rings. The van der Waals surface area contributed by atoms with Gasteiger partial charge in [-0.25, -0.2) is 19.7 Å². The summed E-state index contributed by atoms with van der Waals surface area (Å²) in [6.45, 7) is 7.86. The molecule has 0 bridgehead atoms. The van der Waals surface area contributed by atoms with E-state index in [0.717, 1.165) is 49.3 Å². The number of piperazine rings is 1. The second kappa shape index (κ2) is 14.6. The predicted molar refractivity (Wildman–Crippen MR) is 181 cm³/mol. The smallest absolute Gasteiger partial charge is 0.348 e. The second-order valence-corrected chi connectivity index (χ2v) is 14.4. The molecule has 0 unspecified atom stereocenters. The molecule has 0 amide bonds. The molecule has 6 rings (SSSR count). The van der Waals surface area contributed by atoms with E-state index in [1.807, 2.05) is 4.90 Å². The third-order valence-corrected chi connectivity index (χ3v) is 11.7. The number of piperidine rings is 1. The number of aryl methyl sites for hydroxylation is 1. The van der Waals surface area contributed by atoms with Crippen LogP contribution in [0.2, 0.25) is 10.0 Å². The summed E-state index contributed by atoms with van der Waals surface area (Å²) in [5, 5.41) is 11.2. The number of nitrogens with one attached hydrogen (secondary N) is 1. The quantitative estimate of drug-likeness (QED) is 0.243. The maximum absolute atomic E-state index is 13.1. The van der Waals surface area contributed by atoms with Crippen molar-refractivity contribution in [1.29, 1.82) is 0 Å². The van der Waals surface area contributed by atoms with Crippen LogP contribution in [0.4, 0.5) is 10.9 Å². The lowest BCUT2D eigenvalue weighted by molar-refractivity contribution is 0.0375. The van der Waals surface area contributed by atoms with Crippen molar-refractivity contribution in [3.63, 3.8) is 0 Å². The van der Waals surface area contributed by atoms with Gasteiger partial charge in [0.05, 0.1) is 28.5 Å². The van der Waals surface area contributed by atoms with Gasteiger partial charge in [-0.05, 0) is 38.0 Å². The zero-order valence-corrected chi connectivity index (χ0v) is 28.6. The Kier molecular flexibility index (Phi) is 10.5. The Hall–Kier alpha value is -2.77. The molecule has 2 atom stereocenters. The van der Waals surface area contributed by atoms with Gasteiger partial charge in [-0.3, -0.25) is 9.69 Å². The van der Waals surface area contributed by atoms with Crippen LogP contribution in [0.1, 0.15) is 70.8 Å². The second-order valence-electron chi connectivity index (χ2n) is 12.7. The van der Waals surface area contributed by atoms with E-state index in [-0.39, 0.29) is 34.1 Å². The van der Waals surface area contributed by atoms with Gasteiger partial charge in [-0.15, -0.1) is 0 Å². The van der Waals surface area contributed by atoms with Gasteiger partial charge in [0.1, 0.15) is 27.8 Å². The Labute approximate surface area is 283 Å². The molecule has 14 heteroatoms. The normalized spacial score (nSPS) is 21.6. The van der Waals surface area contributed by atoms with Crippen LogP contribution in [0.3, 0.4) is 0 Å². The number of carboxylic acid groups (broad SMARTS) is 1. The van der Waals surface area contributed by atoms with Crippen LogP contribution < -0.4 is 9.80 Å². The van der Waals surface area contributed by atoms with Gasteiger partial charge in [0.25, 0.3) is 0 Å². The standard InChI is InChI=1S/C32H41Cl2N7O4S/c1-19-26(33)27(34)29(37-19)23(42)14-21-8-9-41(18-24(21)45-2)32-38-28(30(46-32)31(43)44)22-15-36-25(16-35-22)40-12-10-39(11-13-40)17-20-6-4-3-5-7-20/h15-16,20-21,24,37H,3-14,17-18H2,1-2H3,(H,43,44)/t21-,24-/m0/s1. The number of aromatic nitrogens is 4. The van der Waals surface area contributed by atoms with Crippen molar-refractivity contribution in [2.75, 3.05) is 62.7 Å². The Morgan fingerprint density at radius 3 is 2.41 bits per heavy atom. The number of H-pyrrole nitrogens is 1. The Bertz CT molecular complexity index is 1530. The molecule has 11 nitrogen and oxygen atoms in total. The molecule has 5 heterocycles. The number of anilines is 2. The topological polar surface area (TPSA) is 128 Å². The average molecular weight is 691 g/mol. The minimum absolute atomic E-state index is 0.0434. The van der Waals surface area contributed by atoms with Gasteiger partial charge in [-0.1, -0.05) is 53.8 Å². The lowest BCUT2D eigenvalue weighted by Gasteiger charge is -2.37. The Balaban J connectivity index is 1.09. The molecule has 0 radical (unpaired) electrons. The molecule has 2 N–H and O–H groups in total. The van der Waals surface area contributed by atoms with E-state index >= 15 is 0 Å². The van der Waals surface area contributed by atoms with Crippen molar-refractivity contribution in [2.24, 2.45) is 11.8 Å². The molecule has 3 aliphatic rings. The first-order chi connectivity index (χ1) is 22.2. The van der Waals surface area contributed by atoms with E-state index < -0.39 is 5.97 Å². The number of methoxy groups -OCH3 is 1. The number of ether oxygens (including phenoxy) is 1. The minimum atomic E-state index is -1.06. The number of carbonyl (C=O) groups is 2. The third-order valence-electron chi connectivity index (χ3n) is 9.68. The molecule has 1 saturated carbocycles.